The van der Waals surface area contributed by atoms with E-state index in [0.29, 0.717) is 30.0 Å². The van der Waals surface area contributed by atoms with E-state index in [1.165, 1.54) is 43.2 Å². The number of ether oxygens (including phenoxy) is 2. The van der Waals surface area contributed by atoms with E-state index in [1.54, 1.807) is 18.4 Å². The molecule has 0 radical (unpaired) electrons. The highest BCUT2D eigenvalue weighted by molar-refractivity contribution is 6.22. The third-order valence-corrected chi connectivity index (χ3v) is 7.68. The van der Waals surface area contributed by atoms with Gasteiger partial charge in [0.2, 0.25) is 11.8 Å². The minimum absolute atomic E-state index is 0.0177. The predicted octanol–water partition coefficient (Wildman–Crippen LogP) is 4.44. The molecule has 1 saturated carbocycles. The van der Waals surface area contributed by atoms with E-state index in [0.717, 1.165) is 24.8 Å². The number of rotatable bonds is 11. The number of allylic oxidation sites excluding steroid dienone is 4. The molecule has 2 N–H and O–H groups in total. The van der Waals surface area contributed by atoms with Gasteiger partial charge in [-0.2, -0.15) is 0 Å². The predicted molar refractivity (Wildman–Crippen MR) is 145 cm³/mol. The zero-order chi connectivity index (χ0) is 28.1. The van der Waals surface area contributed by atoms with Gasteiger partial charge in [-0.05, 0) is 62.4 Å². The van der Waals surface area contributed by atoms with Gasteiger partial charge in [0.1, 0.15) is 11.8 Å². The molecule has 1 aromatic carbocycles. The number of aromatic carboxylic acids is 1. The number of alkyl halides is 1. The van der Waals surface area contributed by atoms with Crippen LogP contribution in [0.3, 0.4) is 0 Å². The number of carbonyl (C=O) groups is 4. The minimum atomic E-state index is -1.07. The summed E-state index contributed by atoms with van der Waals surface area (Å²) in [6, 6.07) is 4.91. The number of amides is 2. The van der Waals surface area contributed by atoms with Gasteiger partial charge in [-0.1, -0.05) is 12.2 Å². The molecule has 3 unspecified atom stereocenters. The van der Waals surface area contributed by atoms with E-state index in [2.05, 4.69) is 5.32 Å². The average Bonchev–Trinajstić information content (AvgIpc) is 2.88. The highest BCUT2D eigenvalue weighted by Crippen LogP contribution is 2.38. The number of benzene rings is 1. The highest BCUT2D eigenvalue weighted by atomic mass is 35.5. The van der Waals surface area contributed by atoms with E-state index in [4.69, 9.17) is 26.2 Å². The summed E-state index contributed by atoms with van der Waals surface area (Å²) in [4.78, 5) is 51.9. The Bertz CT molecular complexity index is 1220. The van der Waals surface area contributed by atoms with Gasteiger partial charge in [0.25, 0.3) is 0 Å². The number of anilines is 1. The SMILES string of the molecule is COC1=CN(C(CCOC2CCC2)C(=O)Nc2ccc(C(=O)O)cc2)C(=O)CC1C1=C(C(C)=O)C=CC(Cl)C1. The summed E-state index contributed by atoms with van der Waals surface area (Å²) in [5, 5.41) is 11.6. The molecular formula is C29H33ClN2O7. The number of halogens is 1. The first-order valence-corrected chi connectivity index (χ1v) is 13.5. The Labute approximate surface area is 232 Å². The quantitative estimate of drug-likeness (QED) is 0.386. The van der Waals surface area contributed by atoms with Crippen molar-refractivity contribution in [3.63, 3.8) is 0 Å². The molecule has 1 fully saturated rings. The van der Waals surface area contributed by atoms with Crippen LogP contribution in [0.2, 0.25) is 0 Å². The number of methoxy groups -OCH3 is 1. The number of carbonyl (C=O) groups excluding carboxylic acids is 3. The van der Waals surface area contributed by atoms with Crippen LogP contribution in [0.5, 0.6) is 0 Å². The summed E-state index contributed by atoms with van der Waals surface area (Å²) in [5.41, 5.74) is 1.78. The van der Waals surface area contributed by atoms with E-state index in [9.17, 15) is 19.2 Å². The number of hydrogen-bond donors (Lipinski definition) is 2. The molecule has 1 aliphatic heterocycles. The van der Waals surface area contributed by atoms with E-state index in [-0.39, 0.29) is 41.6 Å². The lowest BCUT2D eigenvalue weighted by molar-refractivity contribution is -0.138. The van der Waals surface area contributed by atoms with Gasteiger partial charge in [-0.15, -0.1) is 11.6 Å². The molecular weight excluding hydrogens is 524 g/mol. The Kier molecular flexibility index (Phi) is 9.24. The number of nitrogens with one attached hydrogen (secondary N) is 1. The fourth-order valence-corrected chi connectivity index (χ4v) is 5.24. The smallest absolute Gasteiger partial charge is 0.335 e. The van der Waals surface area contributed by atoms with Gasteiger partial charge in [-0.3, -0.25) is 14.4 Å². The van der Waals surface area contributed by atoms with Crippen LogP contribution in [-0.4, -0.2) is 64.8 Å². The number of hydrogen-bond acceptors (Lipinski definition) is 6. The molecule has 2 aliphatic carbocycles. The van der Waals surface area contributed by atoms with Gasteiger partial charge >= 0.3 is 5.97 Å². The number of nitrogens with zero attached hydrogens (tertiary/aromatic N) is 1. The van der Waals surface area contributed by atoms with Crippen LogP contribution in [0.15, 0.2) is 59.5 Å². The molecule has 1 heterocycles. The summed E-state index contributed by atoms with van der Waals surface area (Å²) in [7, 11) is 1.50. The molecule has 10 heteroatoms. The summed E-state index contributed by atoms with van der Waals surface area (Å²) in [6.07, 6.45) is 8.95. The Morgan fingerprint density at radius 1 is 1.18 bits per heavy atom. The fourth-order valence-electron chi connectivity index (χ4n) is 5.00. The van der Waals surface area contributed by atoms with Crippen molar-refractivity contribution < 1.29 is 33.8 Å². The highest BCUT2D eigenvalue weighted by Gasteiger charge is 2.39. The molecule has 9 nitrogen and oxygen atoms in total. The van der Waals surface area contributed by atoms with E-state index in [1.807, 2.05) is 0 Å². The summed E-state index contributed by atoms with van der Waals surface area (Å²) in [5.74, 6) is -1.91. The second-order valence-corrected chi connectivity index (χ2v) is 10.5. The zero-order valence-electron chi connectivity index (χ0n) is 22.0. The lowest BCUT2D eigenvalue weighted by atomic mass is 9.81. The summed E-state index contributed by atoms with van der Waals surface area (Å²) < 4.78 is 11.6. The van der Waals surface area contributed by atoms with Crippen LogP contribution in [-0.2, 0) is 23.9 Å². The van der Waals surface area contributed by atoms with Crippen molar-refractivity contribution in [3.05, 3.63) is 65.1 Å². The second-order valence-electron chi connectivity index (χ2n) is 9.97. The van der Waals surface area contributed by atoms with Crippen molar-refractivity contribution in [3.8, 4) is 0 Å². The maximum absolute atomic E-state index is 13.5. The molecule has 0 saturated heterocycles. The largest absolute Gasteiger partial charge is 0.499 e. The zero-order valence-corrected chi connectivity index (χ0v) is 22.8. The molecule has 0 aromatic heterocycles. The maximum Gasteiger partial charge on any atom is 0.335 e. The molecule has 39 heavy (non-hydrogen) atoms. The number of Topliss-reactive ketones (excluding diaryl/α,β-unsaturated/α-hetero) is 1. The maximum atomic E-state index is 13.5. The first kappa shape index (κ1) is 28.6. The van der Waals surface area contributed by atoms with Gasteiger partial charge in [0, 0.05) is 42.8 Å². The average molecular weight is 557 g/mol. The molecule has 3 atom stereocenters. The second kappa shape index (κ2) is 12.6. The molecule has 3 aliphatic rings. The van der Waals surface area contributed by atoms with Crippen molar-refractivity contribution in [2.75, 3.05) is 19.0 Å². The summed E-state index contributed by atoms with van der Waals surface area (Å²) in [6.45, 7) is 1.77. The van der Waals surface area contributed by atoms with Crippen molar-refractivity contribution in [2.45, 2.75) is 63.0 Å². The van der Waals surface area contributed by atoms with Crippen molar-refractivity contribution in [1.29, 1.82) is 0 Å². The van der Waals surface area contributed by atoms with Gasteiger partial charge in [0.05, 0.1) is 24.2 Å². The van der Waals surface area contributed by atoms with Crippen molar-refractivity contribution >= 4 is 40.9 Å². The lowest BCUT2D eigenvalue weighted by Gasteiger charge is -2.37. The Hall–Kier alpha value is -3.43. The van der Waals surface area contributed by atoms with Crippen LogP contribution in [0.4, 0.5) is 5.69 Å². The first-order chi connectivity index (χ1) is 18.7. The standard InChI is InChI=1S/C29H33ClN2O7/c1-17(33)22-11-8-19(30)14-23(22)24-15-27(34)32(16-26(24)38-2)25(12-13-39-21-4-3-5-21)28(35)31-20-9-6-18(7-10-20)29(36)37/h6-11,16,19,21,24-25H,3-5,12-15H2,1-2H3,(H,31,35)(H,36,37). The molecule has 0 bridgehead atoms. The third-order valence-electron chi connectivity index (χ3n) is 7.38. The molecule has 1 aromatic rings. The van der Waals surface area contributed by atoms with Crippen LogP contribution in [0.25, 0.3) is 0 Å². The first-order valence-electron chi connectivity index (χ1n) is 13.1. The lowest BCUT2D eigenvalue weighted by Crippen LogP contribution is -2.48. The molecule has 2 amide bonds. The monoisotopic (exact) mass is 556 g/mol. The normalized spacial score (nSPS) is 22.2. The van der Waals surface area contributed by atoms with Crippen LogP contribution < -0.4 is 5.32 Å². The topological polar surface area (TPSA) is 122 Å². The Morgan fingerprint density at radius 2 is 1.90 bits per heavy atom. The summed E-state index contributed by atoms with van der Waals surface area (Å²) >= 11 is 6.36. The molecule has 4 rings (SSSR count). The van der Waals surface area contributed by atoms with E-state index >= 15 is 0 Å². The third kappa shape index (κ3) is 6.78. The Morgan fingerprint density at radius 3 is 2.49 bits per heavy atom. The van der Waals surface area contributed by atoms with Crippen LogP contribution in [0.1, 0.15) is 55.8 Å². The van der Waals surface area contributed by atoms with Crippen LogP contribution >= 0.6 is 11.6 Å². The van der Waals surface area contributed by atoms with E-state index < -0.39 is 23.8 Å². The fraction of sp³-hybridized carbons (Fsp3) is 0.448. The number of ketones is 1. The van der Waals surface area contributed by atoms with Crippen molar-refractivity contribution in [1.82, 2.24) is 4.90 Å². The molecule has 208 valence electrons. The van der Waals surface area contributed by atoms with Gasteiger partial charge in [-0.25, -0.2) is 4.79 Å². The number of carboxylic acid groups (broad SMARTS) is 1. The van der Waals surface area contributed by atoms with Gasteiger partial charge in [0.15, 0.2) is 5.78 Å². The van der Waals surface area contributed by atoms with Crippen molar-refractivity contribution in [2.24, 2.45) is 5.92 Å². The minimum Gasteiger partial charge on any atom is -0.499 e. The van der Waals surface area contributed by atoms with Crippen LogP contribution in [0, 0.1) is 5.92 Å². The number of carboxylic acids is 1. The Balaban J connectivity index is 1.60. The van der Waals surface area contributed by atoms with Gasteiger partial charge < -0.3 is 24.8 Å². The molecule has 0 spiro atoms.